The second kappa shape index (κ2) is 10.7. The quantitative estimate of drug-likeness (QED) is 0.341. The first-order chi connectivity index (χ1) is 19.5. The molecular formula is C30H26FN7O2. The fourth-order valence-electron chi connectivity index (χ4n) is 5.45. The predicted octanol–water partition coefficient (Wildman–Crippen LogP) is 3.77. The molecule has 1 saturated heterocycles. The van der Waals surface area contributed by atoms with Crippen LogP contribution in [-0.4, -0.2) is 61.5 Å². The van der Waals surface area contributed by atoms with E-state index in [-0.39, 0.29) is 23.6 Å². The van der Waals surface area contributed by atoms with Crippen molar-refractivity contribution in [2.24, 2.45) is 0 Å². The average molecular weight is 536 g/mol. The maximum atomic E-state index is 15.0. The smallest absolute Gasteiger partial charge is 0.272 e. The SMILES string of the molecule is N#CC[C@@H]1CN(Cc2cc3cccnc3[nH]2)CCN1C(=O)c1cc(Cc2n[nH]c(=O)c3ccccc23)ccc1F. The standard InChI is InChI=1S/C30H26FN7O2/c31-26-8-7-19(15-27-23-5-1-2-6-24(23)29(39)36-35-27)14-25(26)30(40)38-13-12-37(18-22(38)9-10-32)17-21-16-20-4-3-11-33-28(20)34-21/h1-8,11,14,16,22H,9,12-13,15,17-18H2,(H,33,34)(H,36,39)/t22-/m1/s1. The number of halogens is 1. The van der Waals surface area contributed by atoms with Crippen LogP contribution in [0.15, 0.2) is 71.7 Å². The molecule has 2 aromatic carbocycles. The van der Waals surface area contributed by atoms with Crippen LogP contribution in [0.1, 0.15) is 33.7 Å². The van der Waals surface area contributed by atoms with Crippen LogP contribution in [-0.2, 0) is 13.0 Å². The number of H-pyrrole nitrogens is 2. The van der Waals surface area contributed by atoms with Gasteiger partial charge in [-0.25, -0.2) is 14.5 Å². The zero-order valence-electron chi connectivity index (χ0n) is 21.6. The molecule has 0 bridgehead atoms. The number of aromatic nitrogens is 4. The Kier molecular flexibility index (Phi) is 6.80. The number of nitrogens with one attached hydrogen (secondary N) is 2. The lowest BCUT2D eigenvalue weighted by atomic mass is 10.0. The monoisotopic (exact) mass is 535 g/mol. The molecule has 1 atom stereocenters. The van der Waals surface area contributed by atoms with Crippen molar-refractivity contribution in [1.29, 1.82) is 5.26 Å². The van der Waals surface area contributed by atoms with Gasteiger partial charge in [0.1, 0.15) is 11.5 Å². The summed E-state index contributed by atoms with van der Waals surface area (Å²) in [7, 11) is 0. The molecule has 200 valence electrons. The second-order valence-corrected chi connectivity index (χ2v) is 10.0. The largest absolute Gasteiger partial charge is 0.342 e. The van der Waals surface area contributed by atoms with Gasteiger partial charge in [0.05, 0.1) is 35.2 Å². The minimum atomic E-state index is -0.614. The third-order valence-electron chi connectivity index (χ3n) is 7.40. The van der Waals surface area contributed by atoms with Crippen LogP contribution in [0, 0.1) is 17.1 Å². The molecule has 40 heavy (non-hydrogen) atoms. The molecule has 6 rings (SSSR count). The Hall–Kier alpha value is -4.88. The van der Waals surface area contributed by atoms with Gasteiger partial charge in [-0.1, -0.05) is 24.3 Å². The van der Waals surface area contributed by atoms with E-state index >= 15 is 4.39 Å². The molecule has 0 saturated carbocycles. The maximum absolute atomic E-state index is 15.0. The van der Waals surface area contributed by atoms with Crippen molar-refractivity contribution in [1.82, 2.24) is 30.0 Å². The number of nitriles is 1. The van der Waals surface area contributed by atoms with Crippen LogP contribution in [0.4, 0.5) is 4.39 Å². The molecule has 3 aromatic heterocycles. The molecule has 0 spiro atoms. The van der Waals surface area contributed by atoms with E-state index in [1.807, 2.05) is 24.3 Å². The zero-order valence-corrected chi connectivity index (χ0v) is 21.6. The number of benzene rings is 2. The summed E-state index contributed by atoms with van der Waals surface area (Å²) in [5.41, 5.74) is 2.83. The minimum Gasteiger partial charge on any atom is -0.342 e. The molecule has 4 heterocycles. The van der Waals surface area contributed by atoms with Gasteiger partial charge < -0.3 is 9.88 Å². The lowest BCUT2D eigenvalue weighted by molar-refractivity contribution is 0.0441. The number of carbonyl (C=O) groups excluding carboxylic acids is 1. The summed E-state index contributed by atoms with van der Waals surface area (Å²) in [6, 6.07) is 19.4. The van der Waals surface area contributed by atoms with Gasteiger partial charge in [-0.3, -0.25) is 14.5 Å². The highest BCUT2D eigenvalue weighted by Gasteiger charge is 2.32. The van der Waals surface area contributed by atoms with Crippen molar-refractivity contribution in [2.75, 3.05) is 19.6 Å². The van der Waals surface area contributed by atoms with Crippen molar-refractivity contribution in [2.45, 2.75) is 25.4 Å². The molecule has 1 aliphatic rings. The van der Waals surface area contributed by atoms with Gasteiger partial charge in [-0.2, -0.15) is 10.4 Å². The Morgan fingerprint density at radius 3 is 2.77 bits per heavy atom. The molecule has 5 aromatic rings. The number of pyridine rings is 1. The number of amides is 1. The number of nitrogens with zero attached hydrogens (tertiary/aromatic N) is 5. The Morgan fingerprint density at radius 2 is 1.95 bits per heavy atom. The minimum absolute atomic E-state index is 0.0377. The first-order valence-electron chi connectivity index (χ1n) is 13.1. The molecular weight excluding hydrogens is 509 g/mol. The van der Waals surface area contributed by atoms with Gasteiger partial charge >= 0.3 is 0 Å². The van der Waals surface area contributed by atoms with Gasteiger partial charge in [0, 0.05) is 55.3 Å². The van der Waals surface area contributed by atoms with Crippen LogP contribution < -0.4 is 5.56 Å². The molecule has 1 fully saturated rings. The summed E-state index contributed by atoms with van der Waals surface area (Å²) in [5.74, 6) is -1.05. The van der Waals surface area contributed by atoms with E-state index in [0.29, 0.717) is 54.6 Å². The third-order valence-corrected chi connectivity index (χ3v) is 7.40. The number of hydrogen-bond donors (Lipinski definition) is 2. The first kappa shape index (κ1) is 25.4. The van der Waals surface area contributed by atoms with Gasteiger partial charge in [-0.15, -0.1) is 0 Å². The van der Waals surface area contributed by atoms with Crippen molar-refractivity contribution >= 4 is 27.7 Å². The van der Waals surface area contributed by atoms with Crippen molar-refractivity contribution in [3.05, 3.63) is 106 Å². The number of carbonyl (C=O) groups is 1. The molecule has 10 heteroatoms. The molecule has 2 N–H and O–H groups in total. The Morgan fingerprint density at radius 1 is 1.10 bits per heavy atom. The predicted molar refractivity (Wildman–Crippen MR) is 148 cm³/mol. The number of piperazine rings is 1. The fraction of sp³-hybridized carbons (Fsp3) is 0.233. The lowest BCUT2D eigenvalue weighted by Crippen LogP contribution is -2.54. The average Bonchev–Trinajstić information content (AvgIpc) is 3.38. The Labute approximate surface area is 228 Å². The second-order valence-electron chi connectivity index (χ2n) is 10.0. The van der Waals surface area contributed by atoms with E-state index in [1.54, 1.807) is 35.4 Å². The highest BCUT2D eigenvalue weighted by Crippen LogP contribution is 2.23. The van der Waals surface area contributed by atoms with Gasteiger partial charge in [0.15, 0.2) is 0 Å². The number of fused-ring (bicyclic) bond motifs is 2. The fourth-order valence-corrected chi connectivity index (χ4v) is 5.45. The van der Waals surface area contributed by atoms with E-state index in [9.17, 15) is 14.9 Å². The molecule has 0 unspecified atom stereocenters. The topological polar surface area (TPSA) is 122 Å². The lowest BCUT2D eigenvalue weighted by Gasteiger charge is -2.40. The summed E-state index contributed by atoms with van der Waals surface area (Å²) < 4.78 is 15.0. The number of rotatable bonds is 6. The summed E-state index contributed by atoms with van der Waals surface area (Å²) in [6.45, 7) is 2.09. The van der Waals surface area contributed by atoms with Crippen LogP contribution >= 0.6 is 0 Å². The van der Waals surface area contributed by atoms with E-state index in [1.165, 1.54) is 6.07 Å². The number of aromatic amines is 2. The molecule has 1 amide bonds. The molecule has 9 nitrogen and oxygen atoms in total. The first-order valence-corrected chi connectivity index (χ1v) is 13.1. The molecule has 1 aliphatic heterocycles. The van der Waals surface area contributed by atoms with E-state index < -0.39 is 11.7 Å². The Bertz CT molecular complexity index is 1790. The van der Waals surface area contributed by atoms with Gasteiger partial charge in [0.25, 0.3) is 11.5 Å². The number of hydrogen-bond acceptors (Lipinski definition) is 6. The van der Waals surface area contributed by atoms with E-state index in [2.05, 4.69) is 37.2 Å². The van der Waals surface area contributed by atoms with E-state index in [0.717, 1.165) is 16.7 Å². The van der Waals surface area contributed by atoms with Crippen molar-refractivity contribution < 1.29 is 9.18 Å². The third kappa shape index (κ3) is 4.95. The zero-order chi connectivity index (χ0) is 27.6. The van der Waals surface area contributed by atoms with Crippen LogP contribution in [0.2, 0.25) is 0 Å². The summed E-state index contributed by atoms with van der Waals surface area (Å²) in [4.78, 5) is 37.3. The summed E-state index contributed by atoms with van der Waals surface area (Å²) in [5, 5.41) is 18.5. The molecule has 0 radical (unpaired) electrons. The molecule has 0 aliphatic carbocycles. The van der Waals surface area contributed by atoms with Crippen LogP contribution in [0.25, 0.3) is 21.8 Å². The van der Waals surface area contributed by atoms with Crippen molar-refractivity contribution in [3.63, 3.8) is 0 Å². The summed E-state index contributed by atoms with van der Waals surface area (Å²) >= 11 is 0. The highest BCUT2D eigenvalue weighted by molar-refractivity contribution is 5.95. The summed E-state index contributed by atoms with van der Waals surface area (Å²) in [6.07, 6.45) is 2.20. The van der Waals surface area contributed by atoms with Crippen LogP contribution in [0.3, 0.4) is 0 Å². The Balaban J connectivity index is 1.21. The van der Waals surface area contributed by atoms with E-state index in [4.69, 9.17) is 0 Å². The highest BCUT2D eigenvalue weighted by atomic mass is 19.1. The van der Waals surface area contributed by atoms with Gasteiger partial charge in [-0.05, 0) is 42.0 Å². The van der Waals surface area contributed by atoms with Gasteiger partial charge in [0.2, 0.25) is 0 Å². The van der Waals surface area contributed by atoms with Crippen molar-refractivity contribution in [3.8, 4) is 6.07 Å². The maximum Gasteiger partial charge on any atom is 0.272 e. The van der Waals surface area contributed by atoms with Crippen LogP contribution in [0.5, 0.6) is 0 Å². The normalized spacial score (nSPS) is 15.9.